The van der Waals surface area contributed by atoms with Gasteiger partial charge in [0.2, 0.25) is 0 Å². The highest BCUT2D eigenvalue weighted by Crippen LogP contribution is 2.22. The molecule has 0 radical (unpaired) electrons. The molecule has 6 nitrogen and oxygen atoms in total. The van der Waals surface area contributed by atoms with Crippen LogP contribution in [-0.2, 0) is 13.1 Å². The predicted molar refractivity (Wildman–Crippen MR) is 130 cm³/mol. The van der Waals surface area contributed by atoms with Gasteiger partial charge in [0, 0.05) is 45.2 Å². The molecule has 0 unspecified atom stereocenters. The Morgan fingerprint density at radius 3 is 2.15 bits per heavy atom. The third-order valence-electron chi connectivity index (χ3n) is 4.86. The number of hydrogen-bond acceptors (Lipinski definition) is 3. The van der Waals surface area contributed by atoms with Crippen LogP contribution in [0.5, 0.6) is 0 Å². The van der Waals surface area contributed by atoms with Crippen molar-refractivity contribution in [1.29, 1.82) is 0 Å². The number of aryl methyl sites for hydroxylation is 1. The molecule has 0 aliphatic rings. The van der Waals surface area contributed by atoms with Gasteiger partial charge in [0.25, 0.3) is 0 Å². The van der Waals surface area contributed by atoms with Crippen LogP contribution in [0.2, 0.25) is 10.0 Å². The molecule has 0 atom stereocenters. The topological polar surface area (TPSA) is 59.7 Å². The molecule has 2 aromatic heterocycles. The van der Waals surface area contributed by atoms with Crippen molar-refractivity contribution in [3.8, 4) is 0 Å². The lowest BCUT2D eigenvalue weighted by molar-refractivity contribution is 0.581. The van der Waals surface area contributed by atoms with Crippen molar-refractivity contribution in [3.05, 3.63) is 93.2 Å². The van der Waals surface area contributed by atoms with Crippen LogP contribution in [0.25, 0.3) is 0 Å². The zero-order valence-electron chi connectivity index (χ0n) is 17.3. The van der Waals surface area contributed by atoms with Crippen LogP contribution >= 0.6 is 35.4 Å². The first kappa shape index (κ1) is 23.2. The third-order valence-corrected chi connectivity index (χ3v) is 5.77. The van der Waals surface area contributed by atoms with Crippen LogP contribution in [0.3, 0.4) is 0 Å². The van der Waals surface area contributed by atoms with E-state index < -0.39 is 11.6 Å². The molecule has 0 bridgehead atoms. The standard InChI is InChI=1S/C22H18Cl2F2N6S/c1-13-10-21(30-32(13)12-15-17(24)5-3-7-19(15)26)28-22(33)27-20-8-9-31(29-20)11-14-16(23)4-2-6-18(14)25/h2-10H,11-12H2,1H3,(H2,27,28,29,30,33). The van der Waals surface area contributed by atoms with E-state index in [1.165, 1.54) is 12.1 Å². The third kappa shape index (κ3) is 5.50. The summed E-state index contributed by atoms with van der Waals surface area (Å²) in [4.78, 5) is 0. The van der Waals surface area contributed by atoms with Crippen molar-refractivity contribution >= 4 is 52.2 Å². The number of thiocarbonyl (C=S) groups is 1. The molecule has 4 rings (SSSR count). The van der Waals surface area contributed by atoms with E-state index in [1.807, 2.05) is 6.92 Å². The minimum absolute atomic E-state index is 0.176. The average Bonchev–Trinajstić information content (AvgIpc) is 3.33. The summed E-state index contributed by atoms with van der Waals surface area (Å²) in [7, 11) is 0. The molecule has 0 spiro atoms. The van der Waals surface area contributed by atoms with Gasteiger partial charge in [-0.05, 0) is 43.4 Å². The maximum atomic E-state index is 14.1. The summed E-state index contributed by atoms with van der Waals surface area (Å²) in [6.45, 7) is 2.21. The van der Waals surface area contributed by atoms with Crippen LogP contribution in [0.15, 0.2) is 54.7 Å². The molecule has 2 N–H and O–H groups in total. The van der Waals surface area contributed by atoms with Crippen molar-refractivity contribution < 1.29 is 8.78 Å². The SMILES string of the molecule is Cc1cc(NC(=S)Nc2ccn(Cc3c(F)cccc3Cl)n2)nn1Cc1c(F)cccc1Cl. The Morgan fingerprint density at radius 1 is 0.909 bits per heavy atom. The van der Waals surface area contributed by atoms with Gasteiger partial charge in [-0.2, -0.15) is 10.2 Å². The quantitative estimate of drug-likeness (QED) is 0.320. The zero-order valence-corrected chi connectivity index (χ0v) is 19.6. The zero-order chi connectivity index (χ0) is 23.5. The highest BCUT2D eigenvalue weighted by molar-refractivity contribution is 7.80. The number of rotatable bonds is 6. The molecule has 170 valence electrons. The maximum Gasteiger partial charge on any atom is 0.177 e. The molecular formula is C22H18Cl2F2N6S. The summed E-state index contributed by atoms with van der Waals surface area (Å²) in [5.74, 6) is 0.160. The van der Waals surface area contributed by atoms with E-state index in [0.717, 1.165) is 5.69 Å². The van der Waals surface area contributed by atoms with Crippen molar-refractivity contribution in [1.82, 2.24) is 19.6 Å². The second-order valence-corrected chi connectivity index (χ2v) is 8.43. The number of benzene rings is 2. The fourth-order valence-corrected chi connectivity index (χ4v) is 3.84. The summed E-state index contributed by atoms with van der Waals surface area (Å²) in [6.07, 6.45) is 1.69. The van der Waals surface area contributed by atoms with Crippen molar-refractivity contribution in [2.45, 2.75) is 20.0 Å². The van der Waals surface area contributed by atoms with Crippen LogP contribution in [0.1, 0.15) is 16.8 Å². The fourth-order valence-electron chi connectivity index (χ4n) is 3.19. The number of nitrogens with one attached hydrogen (secondary N) is 2. The van der Waals surface area contributed by atoms with Gasteiger partial charge in [0.05, 0.1) is 13.1 Å². The lowest BCUT2D eigenvalue weighted by atomic mass is 10.2. The second kappa shape index (κ2) is 9.86. The van der Waals surface area contributed by atoms with E-state index in [1.54, 1.807) is 52.0 Å². The molecule has 0 aliphatic heterocycles. The summed E-state index contributed by atoms with van der Waals surface area (Å²) < 4.78 is 31.3. The average molecular weight is 507 g/mol. The molecule has 0 saturated heterocycles. The largest absolute Gasteiger partial charge is 0.316 e. The van der Waals surface area contributed by atoms with Gasteiger partial charge in [0.15, 0.2) is 16.7 Å². The van der Waals surface area contributed by atoms with Crippen LogP contribution in [-0.4, -0.2) is 24.7 Å². The summed E-state index contributed by atoms with van der Waals surface area (Å²) in [6, 6.07) is 12.6. The van der Waals surface area contributed by atoms with Gasteiger partial charge in [-0.25, -0.2) is 8.78 Å². The second-order valence-electron chi connectivity index (χ2n) is 7.21. The first-order valence-corrected chi connectivity index (χ1v) is 11.0. The van der Waals surface area contributed by atoms with Crippen molar-refractivity contribution in [2.24, 2.45) is 0 Å². The minimum Gasteiger partial charge on any atom is -0.316 e. The number of anilines is 2. The Kier molecular flexibility index (Phi) is 6.92. The molecule has 0 saturated carbocycles. The number of halogens is 4. The molecule has 4 aromatic rings. The number of nitrogens with zero attached hydrogens (tertiary/aromatic N) is 4. The van der Waals surface area contributed by atoms with Crippen LogP contribution < -0.4 is 10.6 Å². The fraction of sp³-hybridized carbons (Fsp3) is 0.136. The van der Waals surface area contributed by atoms with E-state index in [4.69, 9.17) is 35.4 Å². The summed E-state index contributed by atoms with van der Waals surface area (Å²) in [5.41, 5.74) is 1.51. The first-order valence-electron chi connectivity index (χ1n) is 9.82. The van der Waals surface area contributed by atoms with Gasteiger partial charge in [-0.15, -0.1) is 0 Å². The van der Waals surface area contributed by atoms with Crippen molar-refractivity contribution in [3.63, 3.8) is 0 Å². The van der Waals surface area contributed by atoms with Crippen LogP contribution in [0, 0.1) is 18.6 Å². The van der Waals surface area contributed by atoms with Gasteiger partial charge < -0.3 is 10.6 Å². The van der Waals surface area contributed by atoms with Crippen molar-refractivity contribution in [2.75, 3.05) is 10.6 Å². The monoisotopic (exact) mass is 506 g/mol. The van der Waals surface area contributed by atoms with E-state index in [0.29, 0.717) is 32.8 Å². The smallest absolute Gasteiger partial charge is 0.177 e. The van der Waals surface area contributed by atoms with E-state index in [-0.39, 0.29) is 18.2 Å². The van der Waals surface area contributed by atoms with Crippen LogP contribution in [0.4, 0.5) is 20.4 Å². The molecule has 11 heteroatoms. The minimum atomic E-state index is -0.396. The Labute approximate surface area is 204 Å². The molecule has 0 fully saturated rings. The Balaban J connectivity index is 1.39. The lowest BCUT2D eigenvalue weighted by Gasteiger charge is -2.08. The summed E-state index contributed by atoms with van der Waals surface area (Å²) >= 11 is 17.5. The van der Waals surface area contributed by atoms with Gasteiger partial charge in [0.1, 0.15) is 11.6 Å². The van der Waals surface area contributed by atoms with Gasteiger partial charge >= 0.3 is 0 Å². The lowest BCUT2D eigenvalue weighted by Crippen LogP contribution is -2.20. The van der Waals surface area contributed by atoms with Gasteiger partial charge in [-0.1, -0.05) is 35.3 Å². The molecule has 2 aromatic carbocycles. The highest BCUT2D eigenvalue weighted by Gasteiger charge is 2.13. The Bertz CT molecular complexity index is 1280. The molecule has 2 heterocycles. The van der Waals surface area contributed by atoms with E-state index in [9.17, 15) is 8.78 Å². The normalized spacial score (nSPS) is 10.9. The highest BCUT2D eigenvalue weighted by atomic mass is 35.5. The first-order chi connectivity index (χ1) is 15.8. The Morgan fingerprint density at radius 2 is 1.52 bits per heavy atom. The number of aromatic nitrogens is 4. The predicted octanol–water partition coefficient (Wildman–Crippen LogP) is 5.88. The summed E-state index contributed by atoms with van der Waals surface area (Å²) in [5, 5.41) is 15.6. The maximum absolute atomic E-state index is 14.1. The van der Waals surface area contributed by atoms with E-state index in [2.05, 4.69) is 20.8 Å². The molecule has 33 heavy (non-hydrogen) atoms. The van der Waals surface area contributed by atoms with E-state index >= 15 is 0 Å². The van der Waals surface area contributed by atoms with Gasteiger partial charge in [-0.3, -0.25) is 9.36 Å². The Hall–Kier alpha value is -3.01. The molecular weight excluding hydrogens is 489 g/mol. The molecule has 0 aliphatic carbocycles. The molecule has 0 amide bonds. The number of hydrogen-bond donors (Lipinski definition) is 2.